The molecule has 0 aliphatic carbocycles. The fourth-order valence-corrected chi connectivity index (χ4v) is 3.85. The molecular formula is C13H14ClN3OS3. The zero-order valence-corrected chi connectivity index (χ0v) is 14.7. The Bertz CT molecular complexity index is 679. The Morgan fingerprint density at radius 1 is 1.48 bits per heavy atom. The van der Waals surface area contributed by atoms with E-state index >= 15 is 0 Å². The number of carbonyl (C=O) groups excluding carboxylic acids is 1. The summed E-state index contributed by atoms with van der Waals surface area (Å²) in [5.74, 6) is 0.329. The summed E-state index contributed by atoms with van der Waals surface area (Å²) in [6, 6.07) is 7.44. The lowest BCUT2D eigenvalue weighted by Crippen LogP contribution is -2.31. The molecule has 2 aromatic rings. The Balaban J connectivity index is 2.07. The van der Waals surface area contributed by atoms with Gasteiger partial charge in [-0.25, -0.2) is 4.68 Å². The minimum Gasteiger partial charge on any atom is -0.353 e. The zero-order valence-electron chi connectivity index (χ0n) is 11.5. The molecule has 0 saturated heterocycles. The summed E-state index contributed by atoms with van der Waals surface area (Å²) in [4.78, 5) is 11.6. The summed E-state index contributed by atoms with van der Waals surface area (Å²) in [6.45, 7) is 3.86. The summed E-state index contributed by atoms with van der Waals surface area (Å²) in [7, 11) is 0. The van der Waals surface area contributed by atoms with Gasteiger partial charge in [-0.05, 0) is 50.3 Å². The third-order valence-electron chi connectivity index (χ3n) is 2.38. The highest BCUT2D eigenvalue weighted by Gasteiger charge is 2.09. The predicted molar refractivity (Wildman–Crippen MR) is 91.3 cm³/mol. The van der Waals surface area contributed by atoms with E-state index in [1.54, 1.807) is 16.8 Å². The number of nitrogens with zero attached hydrogens (tertiary/aromatic N) is 2. The fourth-order valence-electron chi connectivity index (χ4n) is 1.56. The first-order valence-corrected chi connectivity index (χ1v) is 8.83. The summed E-state index contributed by atoms with van der Waals surface area (Å²) in [5, 5.41) is 7.94. The van der Waals surface area contributed by atoms with E-state index in [4.69, 9.17) is 23.8 Å². The van der Waals surface area contributed by atoms with Crippen LogP contribution in [0.4, 0.5) is 0 Å². The molecule has 0 spiro atoms. The quantitative estimate of drug-likeness (QED) is 0.649. The van der Waals surface area contributed by atoms with Gasteiger partial charge in [-0.15, -0.1) is 5.10 Å². The zero-order chi connectivity index (χ0) is 15.4. The Kier molecular flexibility index (Phi) is 5.80. The molecule has 1 aromatic heterocycles. The van der Waals surface area contributed by atoms with Gasteiger partial charge in [0.25, 0.3) is 0 Å². The van der Waals surface area contributed by atoms with Crippen LogP contribution in [0.15, 0.2) is 28.6 Å². The summed E-state index contributed by atoms with van der Waals surface area (Å²) < 4.78 is 3.09. The number of aromatic nitrogens is 2. The lowest BCUT2D eigenvalue weighted by Gasteiger charge is -2.06. The molecule has 1 amide bonds. The first kappa shape index (κ1) is 16.5. The van der Waals surface area contributed by atoms with E-state index in [1.807, 2.05) is 26.0 Å². The van der Waals surface area contributed by atoms with Crippen LogP contribution in [0.2, 0.25) is 5.02 Å². The molecule has 0 fully saturated rings. The number of hydrogen-bond donors (Lipinski definition) is 1. The molecule has 1 aromatic carbocycles. The van der Waals surface area contributed by atoms with E-state index < -0.39 is 0 Å². The molecule has 21 heavy (non-hydrogen) atoms. The van der Waals surface area contributed by atoms with E-state index in [0.29, 0.717) is 14.7 Å². The minimum atomic E-state index is -0.00541. The van der Waals surface area contributed by atoms with Crippen LogP contribution >= 0.6 is 46.9 Å². The van der Waals surface area contributed by atoms with Crippen molar-refractivity contribution in [3.05, 3.63) is 33.2 Å². The lowest BCUT2D eigenvalue weighted by molar-refractivity contribution is -0.119. The molecule has 0 unspecified atom stereocenters. The van der Waals surface area contributed by atoms with E-state index in [2.05, 4.69) is 10.4 Å². The van der Waals surface area contributed by atoms with Crippen LogP contribution in [0.3, 0.4) is 0 Å². The highest BCUT2D eigenvalue weighted by atomic mass is 35.5. The molecule has 0 saturated carbocycles. The second-order valence-corrected chi connectivity index (χ2v) is 7.81. The number of amides is 1. The van der Waals surface area contributed by atoms with E-state index in [0.717, 1.165) is 10.0 Å². The van der Waals surface area contributed by atoms with Crippen molar-refractivity contribution < 1.29 is 4.79 Å². The first-order chi connectivity index (χ1) is 9.95. The molecule has 0 aliphatic rings. The number of rotatable bonds is 5. The number of carbonyl (C=O) groups is 1. The molecule has 1 heterocycles. The van der Waals surface area contributed by atoms with Gasteiger partial charge < -0.3 is 5.32 Å². The van der Waals surface area contributed by atoms with Crippen molar-refractivity contribution in [2.75, 3.05) is 5.75 Å². The molecule has 112 valence electrons. The van der Waals surface area contributed by atoms with Crippen LogP contribution in [0.25, 0.3) is 5.69 Å². The number of halogens is 1. The van der Waals surface area contributed by atoms with Gasteiger partial charge in [0.05, 0.1) is 11.4 Å². The normalized spacial score (nSPS) is 10.9. The van der Waals surface area contributed by atoms with Crippen molar-refractivity contribution >= 4 is 52.8 Å². The van der Waals surface area contributed by atoms with Crippen LogP contribution < -0.4 is 5.32 Å². The standard InChI is InChI=1S/C13H14ClN3OS3/c1-8(2)15-11(18)7-20-12-16-17(13(19)21-12)10-5-3-9(14)4-6-10/h3-6,8H,7H2,1-2H3,(H,15,18). The number of nitrogens with one attached hydrogen (secondary N) is 1. The van der Waals surface area contributed by atoms with E-state index in [1.165, 1.54) is 23.1 Å². The summed E-state index contributed by atoms with van der Waals surface area (Å²) >= 11 is 14.0. The summed E-state index contributed by atoms with van der Waals surface area (Å²) in [5.41, 5.74) is 0.860. The third-order valence-corrected chi connectivity index (χ3v) is 4.99. The van der Waals surface area contributed by atoms with Gasteiger partial charge in [0.2, 0.25) is 5.91 Å². The van der Waals surface area contributed by atoms with Crippen molar-refractivity contribution in [1.82, 2.24) is 15.1 Å². The predicted octanol–water partition coefficient (Wildman–Crippen LogP) is 3.93. The van der Waals surface area contributed by atoms with Crippen molar-refractivity contribution in [2.24, 2.45) is 0 Å². The topological polar surface area (TPSA) is 46.9 Å². The molecule has 8 heteroatoms. The Morgan fingerprint density at radius 2 is 2.14 bits per heavy atom. The highest BCUT2D eigenvalue weighted by molar-refractivity contribution is 8.01. The van der Waals surface area contributed by atoms with Crippen LogP contribution in [0.1, 0.15) is 13.8 Å². The third kappa shape index (κ3) is 4.81. The molecule has 2 rings (SSSR count). The molecular weight excluding hydrogens is 346 g/mol. The number of benzene rings is 1. The number of hydrogen-bond acceptors (Lipinski definition) is 5. The molecule has 0 bridgehead atoms. The second-order valence-electron chi connectivity index (χ2n) is 4.53. The Morgan fingerprint density at radius 3 is 2.76 bits per heavy atom. The van der Waals surface area contributed by atoms with Crippen molar-refractivity contribution in [3.63, 3.8) is 0 Å². The SMILES string of the molecule is CC(C)NC(=O)CSc1nn(-c2ccc(Cl)cc2)c(=S)s1. The Hall–Kier alpha value is -0.890. The molecule has 1 N–H and O–H groups in total. The van der Waals surface area contributed by atoms with Crippen molar-refractivity contribution in [1.29, 1.82) is 0 Å². The van der Waals surface area contributed by atoms with Gasteiger partial charge in [-0.2, -0.15) is 0 Å². The fraction of sp³-hybridized carbons (Fsp3) is 0.308. The van der Waals surface area contributed by atoms with Crippen LogP contribution in [-0.4, -0.2) is 27.5 Å². The maximum Gasteiger partial charge on any atom is 0.230 e. The molecule has 4 nitrogen and oxygen atoms in total. The van der Waals surface area contributed by atoms with Gasteiger partial charge >= 0.3 is 0 Å². The molecule has 0 radical (unpaired) electrons. The second kappa shape index (κ2) is 7.40. The van der Waals surface area contributed by atoms with E-state index in [-0.39, 0.29) is 11.9 Å². The van der Waals surface area contributed by atoms with Gasteiger partial charge in [0, 0.05) is 11.1 Å². The lowest BCUT2D eigenvalue weighted by atomic mass is 10.3. The van der Waals surface area contributed by atoms with Crippen LogP contribution in [-0.2, 0) is 4.79 Å². The minimum absolute atomic E-state index is 0.00541. The van der Waals surface area contributed by atoms with Crippen LogP contribution in [0, 0.1) is 3.95 Å². The van der Waals surface area contributed by atoms with Gasteiger partial charge in [-0.1, -0.05) is 34.7 Å². The maximum atomic E-state index is 11.6. The van der Waals surface area contributed by atoms with Gasteiger partial charge in [-0.3, -0.25) is 4.79 Å². The number of thioether (sulfide) groups is 1. The highest BCUT2D eigenvalue weighted by Crippen LogP contribution is 2.24. The van der Waals surface area contributed by atoms with E-state index in [9.17, 15) is 4.79 Å². The monoisotopic (exact) mass is 359 g/mol. The van der Waals surface area contributed by atoms with Crippen molar-refractivity contribution in [2.45, 2.75) is 24.2 Å². The first-order valence-electron chi connectivity index (χ1n) is 6.24. The Labute approximate surface area is 141 Å². The maximum absolute atomic E-state index is 11.6. The average molecular weight is 360 g/mol. The molecule has 0 aliphatic heterocycles. The van der Waals surface area contributed by atoms with Crippen LogP contribution in [0.5, 0.6) is 0 Å². The van der Waals surface area contributed by atoms with Crippen molar-refractivity contribution in [3.8, 4) is 5.69 Å². The largest absolute Gasteiger partial charge is 0.353 e. The van der Waals surface area contributed by atoms with Gasteiger partial charge in [0.15, 0.2) is 8.29 Å². The van der Waals surface area contributed by atoms with Gasteiger partial charge in [0.1, 0.15) is 0 Å². The molecule has 0 atom stereocenters. The smallest absolute Gasteiger partial charge is 0.230 e. The average Bonchev–Trinajstić information content (AvgIpc) is 2.78. The summed E-state index contributed by atoms with van der Waals surface area (Å²) in [6.07, 6.45) is 0.